The first kappa shape index (κ1) is 58.9. The smallest absolute Gasteiger partial charge is 0.0710 e. The summed E-state index contributed by atoms with van der Waals surface area (Å²) in [5.74, 6) is 0.780. The summed E-state index contributed by atoms with van der Waals surface area (Å²) in [5.41, 5.74) is 28.5. The van der Waals surface area contributed by atoms with Gasteiger partial charge in [-0.2, -0.15) is 0 Å². The van der Waals surface area contributed by atoms with Gasteiger partial charge in [0, 0.05) is 5.92 Å². The van der Waals surface area contributed by atoms with E-state index in [1.165, 1.54) is 117 Å². The minimum absolute atomic E-state index is 0.00993. The number of fused-ring (bicyclic) bond motifs is 6. The van der Waals surface area contributed by atoms with Crippen LogP contribution in [0.1, 0.15) is 121 Å². The van der Waals surface area contributed by atoms with Crippen molar-refractivity contribution < 1.29 is 0 Å². The van der Waals surface area contributed by atoms with Gasteiger partial charge < -0.3 is 0 Å². The molecule has 0 amide bonds. The van der Waals surface area contributed by atoms with Crippen molar-refractivity contribution in [1.29, 1.82) is 0 Å². The van der Waals surface area contributed by atoms with Crippen molar-refractivity contribution in [3.8, 4) is 57.4 Å². The Hall–Kier alpha value is -9.28. The Morgan fingerprint density at radius 2 is 0.988 bits per heavy atom. The third kappa shape index (κ3) is 12.2. The van der Waals surface area contributed by atoms with Gasteiger partial charge in [0.05, 0.1) is 5.41 Å². The Labute approximate surface area is 508 Å². The van der Waals surface area contributed by atoms with Crippen LogP contribution >= 0.6 is 0 Å². The summed E-state index contributed by atoms with van der Waals surface area (Å²) in [6, 6.07) is 91.0. The van der Waals surface area contributed by atoms with Gasteiger partial charge in [-0.3, -0.25) is 0 Å². The lowest BCUT2D eigenvalue weighted by Crippen LogP contribution is -2.29. The first-order chi connectivity index (χ1) is 41.7. The minimum atomic E-state index is -0.212. The van der Waals surface area contributed by atoms with Crippen LogP contribution in [-0.4, -0.2) is 0 Å². The zero-order valence-corrected chi connectivity index (χ0v) is 50.8. The lowest BCUT2D eigenvalue weighted by Gasteiger charge is -2.35. The number of terminal acetylenes is 1. The lowest BCUT2D eigenvalue weighted by atomic mass is 9.66. The van der Waals surface area contributed by atoms with E-state index in [0.717, 1.165) is 25.7 Å². The number of rotatable bonds is 8. The molecule has 14 rings (SSSR count). The molecule has 0 heterocycles. The van der Waals surface area contributed by atoms with Crippen LogP contribution in [-0.2, 0) is 17.3 Å². The molecule has 10 aromatic rings. The van der Waals surface area contributed by atoms with Gasteiger partial charge in [-0.15, -0.1) is 12.8 Å². The molecule has 0 N–H and O–H groups in total. The van der Waals surface area contributed by atoms with Crippen molar-refractivity contribution >= 4 is 5.57 Å². The molecule has 0 bridgehead atoms. The molecule has 0 nitrogen and oxygen atoms in total. The van der Waals surface area contributed by atoms with Crippen LogP contribution < -0.4 is 0 Å². The predicted molar refractivity (Wildman–Crippen MR) is 366 cm³/mol. The zero-order chi connectivity index (χ0) is 59.3. The standard InChI is InChI=1S/C42H38.C26H22.C13H12.C2H6.C2H2/c1-42(2,3)40-28-35(23-25-39(40)31-14-8-5-9-15-31)41(32-20-18-30(19-21-32)29-12-6-4-7-13-29)34-22-24-38-36(27-34)26-33-16-10-11-17-37(33)38;1-19-11-10-18-24-25(19)22-16-8-9-17-23(22)26(24,20-12-4-2-5-13-20)21-14-6-3-7-15-21;1-11-7-5-6-10-13(11)12-8-3-2-4-9-12;2*1-2/h4-15,17-25,27-28,33,41H,16,26H2,1-3H3;2,4-6,8-18H,3,7H2,1H3;2-10H,1H3;1-2H3;1-2H. The monoisotopic (exact) mass is 1100 g/mol. The Morgan fingerprint density at radius 1 is 0.459 bits per heavy atom. The fraction of sp³-hybridized carbons (Fsp3) is 0.176. The maximum absolute atomic E-state index is 4.00. The molecule has 420 valence electrons. The van der Waals surface area contributed by atoms with Crippen LogP contribution in [0.2, 0.25) is 0 Å². The molecule has 3 atom stereocenters. The van der Waals surface area contributed by atoms with Gasteiger partial charge in [-0.25, -0.2) is 0 Å². The van der Waals surface area contributed by atoms with E-state index in [9.17, 15) is 0 Å². The Kier molecular flexibility index (Phi) is 18.7. The molecule has 0 radical (unpaired) electrons. The summed E-state index contributed by atoms with van der Waals surface area (Å²) in [5, 5.41) is 0. The van der Waals surface area contributed by atoms with Gasteiger partial charge in [0.15, 0.2) is 0 Å². The maximum atomic E-state index is 4.00. The summed E-state index contributed by atoms with van der Waals surface area (Å²) in [6.07, 6.45) is 26.5. The maximum Gasteiger partial charge on any atom is 0.0710 e. The van der Waals surface area contributed by atoms with Crippen LogP contribution in [0.5, 0.6) is 0 Å². The second-order valence-electron chi connectivity index (χ2n) is 23.4. The van der Waals surface area contributed by atoms with E-state index < -0.39 is 0 Å². The molecule has 0 aromatic heterocycles. The topological polar surface area (TPSA) is 0 Å². The highest BCUT2D eigenvalue weighted by Gasteiger charge is 2.47. The van der Waals surface area contributed by atoms with Gasteiger partial charge in [0.1, 0.15) is 0 Å². The van der Waals surface area contributed by atoms with Gasteiger partial charge in [0.2, 0.25) is 0 Å². The second kappa shape index (κ2) is 27.0. The Balaban J connectivity index is 0.000000158. The van der Waals surface area contributed by atoms with E-state index in [0.29, 0.717) is 5.92 Å². The third-order valence-electron chi connectivity index (χ3n) is 17.3. The van der Waals surface area contributed by atoms with Crippen molar-refractivity contribution in [3.05, 3.63) is 352 Å². The molecule has 85 heavy (non-hydrogen) atoms. The van der Waals surface area contributed by atoms with Crippen molar-refractivity contribution in [1.82, 2.24) is 0 Å². The van der Waals surface area contributed by atoms with E-state index in [2.05, 4.69) is 327 Å². The number of hydrogen-bond donors (Lipinski definition) is 0. The fourth-order valence-electron chi connectivity index (χ4n) is 13.4. The van der Waals surface area contributed by atoms with E-state index in [1.807, 2.05) is 19.9 Å². The average Bonchev–Trinajstić information content (AvgIpc) is 1.66. The summed E-state index contributed by atoms with van der Waals surface area (Å²) in [4.78, 5) is 0. The van der Waals surface area contributed by atoms with Crippen molar-refractivity contribution in [2.24, 2.45) is 5.92 Å². The Bertz CT molecular complexity index is 4010. The molecule has 4 aliphatic rings. The minimum Gasteiger partial charge on any atom is -0.124 e. The van der Waals surface area contributed by atoms with E-state index in [-0.39, 0.29) is 16.7 Å². The van der Waals surface area contributed by atoms with E-state index >= 15 is 0 Å². The normalized spacial score (nSPS) is 16.0. The molecule has 0 spiro atoms. The SMILES string of the molecule is C#C.CC.CC(C)(C)c1cc(C(c2ccc(-c3ccccc3)cc2)c2ccc3c(c2)CC2CC=CC=C32)ccc1-c1ccccc1.Cc1cccc2c1-c1ccccc1C2(C1=CCCC=C1)c1ccccc1.Cc1ccccc1-c1ccccc1. The van der Waals surface area contributed by atoms with E-state index in [4.69, 9.17) is 0 Å². The van der Waals surface area contributed by atoms with Crippen molar-refractivity contribution in [2.45, 2.75) is 90.9 Å². The summed E-state index contributed by atoms with van der Waals surface area (Å²) < 4.78 is 0. The summed E-state index contributed by atoms with van der Waals surface area (Å²) >= 11 is 0. The molecule has 0 heteroatoms. The number of allylic oxidation sites excluding steroid dienone is 8. The molecule has 0 fully saturated rings. The third-order valence-corrected chi connectivity index (χ3v) is 17.3. The molecule has 4 aliphatic carbocycles. The number of benzene rings is 10. The van der Waals surface area contributed by atoms with Gasteiger partial charge in [-0.05, 0) is 168 Å². The number of aryl methyl sites for hydroxylation is 2. The lowest BCUT2D eigenvalue weighted by molar-refractivity contribution is 0.591. The molecule has 3 unspecified atom stereocenters. The molecule has 0 aliphatic heterocycles. The number of hydrogen-bond acceptors (Lipinski definition) is 0. The molecular formula is C85H80. The van der Waals surface area contributed by atoms with Crippen LogP contribution in [0.4, 0.5) is 0 Å². The first-order valence-corrected chi connectivity index (χ1v) is 30.6. The van der Waals surface area contributed by atoms with Crippen molar-refractivity contribution in [2.75, 3.05) is 0 Å². The van der Waals surface area contributed by atoms with Crippen LogP contribution in [0, 0.1) is 32.6 Å². The average molecular weight is 1100 g/mol. The molecule has 10 aromatic carbocycles. The van der Waals surface area contributed by atoms with Gasteiger partial charge in [-0.1, -0.05) is 320 Å². The quantitative estimate of drug-likeness (QED) is 0.105. The first-order valence-electron chi connectivity index (χ1n) is 30.6. The Morgan fingerprint density at radius 3 is 1.62 bits per heavy atom. The largest absolute Gasteiger partial charge is 0.124 e. The zero-order valence-electron chi connectivity index (χ0n) is 50.8. The van der Waals surface area contributed by atoms with Crippen LogP contribution in [0.25, 0.3) is 50.1 Å². The van der Waals surface area contributed by atoms with Gasteiger partial charge >= 0.3 is 0 Å². The molecular weight excluding hydrogens is 1020 g/mol. The highest BCUT2D eigenvalue weighted by molar-refractivity contribution is 5.88. The predicted octanol–water partition coefficient (Wildman–Crippen LogP) is 22.5. The summed E-state index contributed by atoms with van der Waals surface area (Å²) in [7, 11) is 0. The van der Waals surface area contributed by atoms with E-state index in [1.54, 1.807) is 0 Å². The molecule has 0 saturated heterocycles. The van der Waals surface area contributed by atoms with Crippen molar-refractivity contribution in [3.63, 3.8) is 0 Å². The highest BCUT2D eigenvalue weighted by atomic mass is 14.5. The summed E-state index contributed by atoms with van der Waals surface area (Å²) in [6.45, 7) is 15.4. The van der Waals surface area contributed by atoms with Crippen LogP contribution in [0.15, 0.2) is 291 Å². The van der Waals surface area contributed by atoms with Crippen LogP contribution in [0.3, 0.4) is 0 Å². The molecule has 0 saturated carbocycles. The fourth-order valence-corrected chi connectivity index (χ4v) is 13.4. The highest BCUT2D eigenvalue weighted by Crippen LogP contribution is 2.58. The second-order valence-corrected chi connectivity index (χ2v) is 23.4. The van der Waals surface area contributed by atoms with Gasteiger partial charge in [0.25, 0.3) is 0 Å².